The van der Waals surface area contributed by atoms with E-state index in [4.69, 9.17) is 14.5 Å². The van der Waals surface area contributed by atoms with Crippen LogP contribution in [0.5, 0.6) is 11.5 Å². The number of hydrogen-bond donors (Lipinski definition) is 1. The molecule has 0 radical (unpaired) electrons. The summed E-state index contributed by atoms with van der Waals surface area (Å²) in [5.41, 5.74) is 5.33. The lowest BCUT2D eigenvalue weighted by molar-refractivity contribution is -0.115. The summed E-state index contributed by atoms with van der Waals surface area (Å²) in [6, 6.07) is 27.1. The SMILES string of the molecule is COc1ccc(-c2cc(-c3ccccc3)nc(S[C@H](C)C(=O)Nc3ccc(C)cc3)c2C#N)cc1OC. The van der Waals surface area contributed by atoms with Gasteiger partial charge in [-0.1, -0.05) is 65.9 Å². The average Bonchev–Trinajstić information content (AvgIpc) is 2.93. The normalized spacial score (nSPS) is 11.3. The number of nitrogens with one attached hydrogen (secondary N) is 1. The van der Waals surface area contributed by atoms with Crippen molar-refractivity contribution in [1.82, 2.24) is 4.98 Å². The van der Waals surface area contributed by atoms with Gasteiger partial charge in [-0.2, -0.15) is 5.26 Å². The van der Waals surface area contributed by atoms with E-state index < -0.39 is 5.25 Å². The third-order valence-corrected chi connectivity index (χ3v) is 6.93. The fraction of sp³-hybridized carbons (Fsp3) is 0.167. The highest BCUT2D eigenvalue weighted by molar-refractivity contribution is 8.00. The lowest BCUT2D eigenvalue weighted by atomic mass is 9.99. The van der Waals surface area contributed by atoms with E-state index in [9.17, 15) is 10.1 Å². The highest BCUT2D eigenvalue weighted by atomic mass is 32.2. The van der Waals surface area contributed by atoms with Crippen LogP contribution >= 0.6 is 11.8 Å². The predicted molar refractivity (Wildman–Crippen MR) is 148 cm³/mol. The number of hydrogen-bond acceptors (Lipinski definition) is 6. The van der Waals surface area contributed by atoms with Crippen molar-refractivity contribution < 1.29 is 14.3 Å². The highest BCUT2D eigenvalue weighted by Gasteiger charge is 2.22. The number of methoxy groups -OCH3 is 2. The van der Waals surface area contributed by atoms with Gasteiger partial charge in [-0.3, -0.25) is 4.79 Å². The molecule has 1 aromatic heterocycles. The Morgan fingerprint density at radius 2 is 1.65 bits per heavy atom. The first kappa shape index (κ1) is 25.8. The van der Waals surface area contributed by atoms with E-state index in [0.717, 1.165) is 22.4 Å². The van der Waals surface area contributed by atoms with E-state index in [0.29, 0.717) is 33.3 Å². The first-order valence-electron chi connectivity index (χ1n) is 11.7. The van der Waals surface area contributed by atoms with Crippen LogP contribution in [0.4, 0.5) is 5.69 Å². The van der Waals surface area contributed by atoms with Crippen molar-refractivity contribution >= 4 is 23.4 Å². The minimum Gasteiger partial charge on any atom is -0.493 e. The minimum atomic E-state index is -0.495. The molecule has 37 heavy (non-hydrogen) atoms. The van der Waals surface area contributed by atoms with Crippen molar-refractivity contribution in [2.24, 2.45) is 0 Å². The van der Waals surface area contributed by atoms with Gasteiger partial charge in [-0.15, -0.1) is 0 Å². The average molecular weight is 510 g/mol. The number of nitriles is 1. The Hall–Kier alpha value is -4.28. The topological polar surface area (TPSA) is 84.2 Å². The Kier molecular flexibility index (Phi) is 8.11. The number of aryl methyl sites for hydroxylation is 1. The lowest BCUT2D eigenvalue weighted by Gasteiger charge is -2.17. The molecule has 0 saturated heterocycles. The van der Waals surface area contributed by atoms with E-state index in [-0.39, 0.29) is 5.91 Å². The molecule has 0 fully saturated rings. The predicted octanol–water partition coefficient (Wildman–Crippen LogP) is 6.73. The second-order valence-electron chi connectivity index (χ2n) is 8.40. The molecule has 4 aromatic rings. The van der Waals surface area contributed by atoms with E-state index >= 15 is 0 Å². The Balaban J connectivity index is 1.76. The van der Waals surface area contributed by atoms with Gasteiger partial charge in [0, 0.05) is 16.8 Å². The number of aromatic nitrogens is 1. The largest absolute Gasteiger partial charge is 0.493 e. The number of ether oxygens (including phenoxy) is 2. The number of carbonyl (C=O) groups is 1. The molecule has 0 aliphatic heterocycles. The third kappa shape index (κ3) is 5.93. The van der Waals surface area contributed by atoms with Crippen LogP contribution in [0.2, 0.25) is 0 Å². The van der Waals surface area contributed by atoms with Crippen LogP contribution in [-0.4, -0.2) is 30.4 Å². The lowest BCUT2D eigenvalue weighted by Crippen LogP contribution is -2.22. The van der Waals surface area contributed by atoms with Crippen LogP contribution in [-0.2, 0) is 4.79 Å². The fourth-order valence-electron chi connectivity index (χ4n) is 3.80. The van der Waals surface area contributed by atoms with E-state index in [1.165, 1.54) is 11.8 Å². The maximum Gasteiger partial charge on any atom is 0.237 e. The summed E-state index contributed by atoms with van der Waals surface area (Å²) >= 11 is 1.26. The molecule has 1 amide bonds. The zero-order valence-corrected chi connectivity index (χ0v) is 21.9. The van der Waals surface area contributed by atoms with Crippen molar-refractivity contribution in [2.75, 3.05) is 19.5 Å². The van der Waals surface area contributed by atoms with Gasteiger partial charge in [0.2, 0.25) is 5.91 Å². The third-order valence-electron chi connectivity index (χ3n) is 5.84. The van der Waals surface area contributed by atoms with Crippen LogP contribution in [0.15, 0.2) is 83.9 Å². The van der Waals surface area contributed by atoms with E-state index in [1.54, 1.807) is 14.2 Å². The van der Waals surface area contributed by atoms with Crippen LogP contribution in [0, 0.1) is 18.3 Å². The smallest absolute Gasteiger partial charge is 0.237 e. The van der Waals surface area contributed by atoms with Gasteiger partial charge in [-0.05, 0) is 49.7 Å². The van der Waals surface area contributed by atoms with Crippen molar-refractivity contribution in [3.63, 3.8) is 0 Å². The molecule has 0 spiro atoms. The Morgan fingerprint density at radius 3 is 2.30 bits per heavy atom. The molecule has 0 aliphatic rings. The highest BCUT2D eigenvalue weighted by Crippen LogP contribution is 2.39. The number of rotatable bonds is 8. The van der Waals surface area contributed by atoms with Gasteiger partial charge in [0.1, 0.15) is 11.1 Å². The summed E-state index contributed by atoms with van der Waals surface area (Å²) in [7, 11) is 3.15. The fourth-order valence-corrected chi connectivity index (χ4v) is 4.73. The van der Waals surface area contributed by atoms with E-state index in [1.807, 2.05) is 92.7 Å². The molecule has 0 bridgehead atoms. The number of pyridine rings is 1. The van der Waals surface area contributed by atoms with Gasteiger partial charge < -0.3 is 14.8 Å². The zero-order valence-electron chi connectivity index (χ0n) is 21.1. The number of carbonyl (C=O) groups excluding carboxylic acids is 1. The Bertz CT molecular complexity index is 1450. The maximum absolute atomic E-state index is 13.0. The van der Waals surface area contributed by atoms with Gasteiger partial charge in [0.15, 0.2) is 11.5 Å². The number of anilines is 1. The second-order valence-corrected chi connectivity index (χ2v) is 9.73. The van der Waals surface area contributed by atoms with Crippen molar-refractivity contribution in [3.05, 3.63) is 90.0 Å². The molecule has 0 aliphatic carbocycles. The number of thioether (sulfide) groups is 1. The minimum absolute atomic E-state index is 0.169. The van der Waals surface area contributed by atoms with Crippen LogP contribution in [0.3, 0.4) is 0 Å². The van der Waals surface area contributed by atoms with Crippen molar-refractivity contribution in [1.29, 1.82) is 5.26 Å². The number of amides is 1. The van der Waals surface area contributed by atoms with Crippen LogP contribution in [0.25, 0.3) is 22.4 Å². The molecule has 6 nitrogen and oxygen atoms in total. The summed E-state index contributed by atoms with van der Waals surface area (Å²) in [6.45, 7) is 3.80. The molecule has 1 heterocycles. The standard InChI is InChI=1S/C30H27N3O3S/c1-19-10-13-23(14-11-19)32-29(34)20(2)37-30-25(18-31)24(17-26(33-30)21-8-6-5-7-9-21)22-12-15-27(35-3)28(16-22)36-4/h5-17,20H,1-4H3,(H,32,34)/t20-/m1/s1. The molecular weight excluding hydrogens is 482 g/mol. The zero-order chi connectivity index (χ0) is 26.4. The van der Waals surface area contributed by atoms with Crippen LogP contribution < -0.4 is 14.8 Å². The summed E-state index contributed by atoms with van der Waals surface area (Å²) in [6.07, 6.45) is 0. The molecule has 0 unspecified atom stereocenters. The van der Waals surface area contributed by atoms with Gasteiger partial charge >= 0.3 is 0 Å². The van der Waals surface area contributed by atoms with Crippen molar-refractivity contribution in [2.45, 2.75) is 24.1 Å². The Labute approximate surface area is 221 Å². The summed E-state index contributed by atoms with van der Waals surface area (Å²) in [5, 5.41) is 13.1. The second kappa shape index (κ2) is 11.6. The molecule has 3 aromatic carbocycles. The summed E-state index contributed by atoms with van der Waals surface area (Å²) < 4.78 is 10.9. The molecule has 1 atom stereocenters. The summed E-state index contributed by atoms with van der Waals surface area (Å²) in [5.74, 6) is 0.984. The molecule has 1 N–H and O–H groups in total. The Morgan fingerprint density at radius 1 is 0.946 bits per heavy atom. The van der Waals surface area contributed by atoms with Crippen molar-refractivity contribution in [3.8, 4) is 40.0 Å². The molecular formula is C30H27N3O3S. The maximum atomic E-state index is 13.0. The van der Waals surface area contributed by atoms with Gasteiger partial charge in [0.05, 0.1) is 30.7 Å². The van der Waals surface area contributed by atoms with Gasteiger partial charge in [-0.25, -0.2) is 4.98 Å². The number of benzene rings is 3. The van der Waals surface area contributed by atoms with Crippen LogP contribution in [0.1, 0.15) is 18.1 Å². The van der Waals surface area contributed by atoms with E-state index in [2.05, 4.69) is 11.4 Å². The van der Waals surface area contributed by atoms with Gasteiger partial charge in [0.25, 0.3) is 0 Å². The monoisotopic (exact) mass is 509 g/mol. The number of nitrogens with zero attached hydrogens (tertiary/aromatic N) is 2. The first-order chi connectivity index (χ1) is 17.9. The first-order valence-corrected chi connectivity index (χ1v) is 12.6. The molecule has 0 saturated carbocycles. The molecule has 4 rings (SSSR count). The quantitative estimate of drug-likeness (QED) is 0.265. The molecule has 7 heteroatoms. The molecule has 186 valence electrons. The summed E-state index contributed by atoms with van der Waals surface area (Å²) in [4.78, 5) is 17.8.